The predicted molar refractivity (Wildman–Crippen MR) is 116 cm³/mol. The number of phenols is 1. The van der Waals surface area contributed by atoms with E-state index in [9.17, 15) is 38.9 Å². The van der Waals surface area contributed by atoms with E-state index in [0.29, 0.717) is 5.56 Å². The predicted octanol–water partition coefficient (Wildman–Crippen LogP) is -0.355. The molecule has 0 saturated carbocycles. The number of carbonyl (C=O) groups is 3. The summed E-state index contributed by atoms with van der Waals surface area (Å²) in [6.45, 7) is 3.65. The summed E-state index contributed by atoms with van der Waals surface area (Å²) in [6, 6.07) is 2.04. The molecule has 1 heterocycles. The van der Waals surface area contributed by atoms with Crippen molar-refractivity contribution < 1.29 is 53.3 Å². The second-order valence-corrected chi connectivity index (χ2v) is 9.66. The van der Waals surface area contributed by atoms with Crippen LogP contribution in [-0.2, 0) is 29.8 Å². The van der Waals surface area contributed by atoms with Gasteiger partial charge >= 0.3 is 19.8 Å². The molecule has 2 rings (SSSR count). The number of carboxylic acid groups (broad SMARTS) is 1. The molecule has 13 nitrogen and oxygen atoms in total. The van der Waals surface area contributed by atoms with Crippen LogP contribution in [0, 0.1) is 5.92 Å². The number of phosphoric ester groups is 1. The van der Waals surface area contributed by atoms with Crippen LogP contribution in [0.25, 0.3) is 0 Å². The highest BCUT2D eigenvalue weighted by Crippen LogP contribution is 2.39. The lowest BCUT2D eigenvalue weighted by Crippen LogP contribution is -2.56. The molecular weight excluding hydrogens is 475 g/mol. The molecule has 0 bridgehead atoms. The quantitative estimate of drug-likeness (QED) is 0.152. The van der Waals surface area contributed by atoms with E-state index in [1.165, 1.54) is 6.07 Å². The van der Waals surface area contributed by atoms with Gasteiger partial charge in [-0.25, -0.2) is 9.36 Å². The van der Waals surface area contributed by atoms with Crippen LogP contribution in [0.5, 0.6) is 5.75 Å². The molecule has 0 fully saturated rings. The lowest BCUT2D eigenvalue weighted by molar-refractivity contribution is -0.142. The van der Waals surface area contributed by atoms with E-state index < -0.39 is 62.5 Å². The standard InChI is InChI=1S/C20H29N2O11P/c1-9(2)6-12(14-7-10-4-3-5-13(23)16(10)20(28)32-14)22-19(27)18(33-34(29,30)31)17(26)11(21)8-15(24)25/h3-5,9,11-12,14,17-18,23,26H,6-8,21H2,1-2H3,(H,22,27)(H,24,25)(H2,29,30,31)/t11-,12+,14-,17+,18-/m0/s1. The fourth-order valence-corrected chi connectivity index (χ4v) is 4.22. The van der Waals surface area contributed by atoms with Crippen molar-refractivity contribution in [3.8, 4) is 5.75 Å². The minimum Gasteiger partial charge on any atom is -0.507 e. The molecule has 0 spiro atoms. The van der Waals surface area contributed by atoms with Gasteiger partial charge in [0.05, 0.1) is 12.5 Å². The maximum atomic E-state index is 12.9. The summed E-state index contributed by atoms with van der Waals surface area (Å²) in [7, 11) is -5.30. The molecule has 0 aromatic heterocycles. The average Bonchev–Trinajstić information content (AvgIpc) is 2.69. The van der Waals surface area contributed by atoms with Gasteiger partial charge in [-0.3, -0.25) is 14.1 Å². The first-order valence-corrected chi connectivity index (χ1v) is 11.9. The van der Waals surface area contributed by atoms with Crippen LogP contribution in [0.15, 0.2) is 18.2 Å². The van der Waals surface area contributed by atoms with Crippen LogP contribution in [0.2, 0.25) is 0 Å². The van der Waals surface area contributed by atoms with Gasteiger partial charge in [-0.1, -0.05) is 26.0 Å². The highest BCUT2D eigenvalue weighted by atomic mass is 31.2. The number of amides is 1. The van der Waals surface area contributed by atoms with Gasteiger partial charge in [0.15, 0.2) is 6.10 Å². The van der Waals surface area contributed by atoms with Gasteiger partial charge < -0.3 is 40.9 Å². The number of phosphoric acid groups is 1. The Hall–Kier alpha value is -2.54. The zero-order valence-corrected chi connectivity index (χ0v) is 19.4. The minimum absolute atomic E-state index is 0.00569. The molecule has 1 aliphatic rings. The number of benzene rings is 1. The second kappa shape index (κ2) is 11.3. The first-order chi connectivity index (χ1) is 15.7. The number of aromatic hydroxyl groups is 1. The van der Waals surface area contributed by atoms with Gasteiger partial charge in [-0.05, 0) is 24.0 Å². The Kier molecular flexibility index (Phi) is 9.17. The Morgan fingerprint density at radius 1 is 1.32 bits per heavy atom. The number of nitrogens with two attached hydrogens (primary N) is 1. The molecule has 0 saturated heterocycles. The van der Waals surface area contributed by atoms with Gasteiger partial charge in [-0.2, -0.15) is 0 Å². The topological polar surface area (TPSA) is 226 Å². The summed E-state index contributed by atoms with van der Waals surface area (Å²) in [5, 5.41) is 31.7. The molecule has 190 valence electrons. The molecular formula is C20H29N2O11P. The number of phenolic OH excluding ortho intramolecular Hbond substituents is 1. The fourth-order valence-electron chi connectivity index (χ4n) is 3.71. The molecule has 8 N–H and O–H groups in total. The Morgan fingerprint density at radius 2 is 1.97 bits per heavy atom. The average molecular weight is 504 g/mol. The van der Waals surface area contributed by atoms with E-state index in [0.717, 1.165) is 0 Å². The van der Waals surface area contributed by atoms with Gasteiger partial charge in [0.2, 0.25) is 0 Å². The van der Waals surface area contributed by atoms with E-state index in [1.807, 2.05) is 13.8 Å². The number of ether oxygens (including phenoxy) is 1. The first kappa shape index (κ1) is 27.7. The number of aliphatic carboxylic acids is 1. The lowest BCUT2D eigenvalue weighted by atomic mass is 9.90. The third-order valence-electron chi connectivity index (χ3n) is 5.18. The second-order valence-electron chi connectivity index (χ2n) is 8.47. The Labute approximate surface area is 195 Å². The van der Waals surface area contributed by atoms with Crippen LogP contribution in [0.4, 0.5) is 0 Å². The van der Waals surface area contributed by atoms with Crippen molar-refractivity contribution in [3.63, 3.8) is 0 Å². The minimum atomic E-state index is -5.30. The molecule has 0 unspecified atom stereocenters. The van der Waals surface area contributed by atoms with E-state index in [2.05, 4.69) is 9.84 Å². The number of fused-ring (bicyclic) bond motifs is 1. The van der Waals surface area contributed by atoms with Crippen molar-refractivity contribution in [2.45, 2.75) is 63.5 Å². The molecule has 1 aromatic carbocycles. The number of aliphatic hydroxyl groups is 1. The number of cyclic esters (lactones) is 1. The molecule has 34 heavy (non-hydrogen) atoms. The summed E-state index contributed by atoms with van der Waals surface area (Å²) in [6.07, 6.45) is -5.61. The molecule has 1 amide bonds. The van der Waals surface area contributed by atoms with Gasteiger partial charge in [0, 0.05) is 12.5 Å². The number of nitrogens with one attached hydrogen (secondary N) is 1. The van der Waals surface area contributed by atoms with E-state index in [-0.39, 0.29) is 30.1 Å². The maximum Gasteiger partial charge on any atom is 0.470 e. The number of esters is 1. The van der Waals surface area contributed by atoms with Gasteiger partial charge in [-0.15, -0.1) is 0 Å². The Morgan fingerprint density at radius 3 is 2.53 bits per heavy atom. The van der Waals surface area contributed by atoms with Gasteiger partial charge in [0.25, 0.3) is 5.91 Å². The van der Waals surface area contributed by atoms with E-state index >= 15 is 0 Å². The first-order valence-electron chi connectivity index (χ1n) is 10.4. The largest absolute Gasteiger partial charge is 0.507 e. The lowest BCUT2D eigenvalue weighted by Gasteiger charge is -2.34. The molecule has 5 atom stereocenters. The summed E-state index contributed by atoms with van der Waals surface area (Å²) >= 11 is 0. The highest BCUT2D eigenvalue weighted by molar-refractivity contribution is 7.46. The van der Waals surface area contributed by atoms with Crippen molar-refractivity contribution >= 4 is 25.7 Å². The highest BCUT2D eigenvalue weighted by Gasteiger charge is 2.41. The zero-order valence-electron chi connectivity index (χ0n) is 18.5. The monoisotopic (exact) mass is 504 g/mol. The van der Waals surface area contributed by atoms with Crippen LogP contribution in [-0.4, -0.2) is 73.3 Å². The van der Waals surface area contributed by atoms with Crippen molar-refractivity contribution in [3.05, 3.63) is 29.3 Å². The normalized spacial score (nSPS) is 19.5. The number of rotatable bonds is 11. The number of carboxylic acids is 1. The van der Waals surface area contributed by atoms with Crippen molar-refractivity contribution in [2.75, 3.05) is 0 Å². The Bertz CT molecular complexity index is 964. The SMILES string of the molecule is CC(C)C[C@@H](NC(=O)[C@@H](OP(=O)(O)O)[C@H](O)[C@@H](N)CC(=O)O)[C@@H]1Cc2cccc(O)c2C(=O)O1. The number of hydrogen-bond donors (Lipinski definition) is 7. The molecule has 0 aliphatic carbocycles. The maximum absolute atomic E-state index is 12.9. The summed E-state index contributed by atoms with van der Waals surface area (Å²) in [4.78, 5) is 54.7. The van der Waals surface area contributed by atoms with Crippen LogP contribution in [0.3, 0.4) is 0 Å². The number of hydrogen-bond acceptors (Lipinski definition) is 9. The molecule has 1 aliphatic heterocycles. The summed E-state index contributed by atoms with van der Waals surface area (Å²) in [5.41, 5.74) is 6.07. The summed E-state index contributed by atoms with van der Waals surface area (Å²) in [5.74, 6) is -3.68. The van der Waals surface area contributed by atoms with Crippen molar-refractivity contribution in [1.82, 2.24) is 5.32 Å². The fraction of sp³-hybridized carbons (Fsp3) is 0.550. The van der Waals surface area contributed by atoms with Crippen LogP contribution < -0.4 is 11.1 Å². The number of carbonyl (C=O) groups excluding carboxylic acids is 2. The molecule has 1 aromatic rings. The van der Waals surface area contributed by atoms with E-state index in [4.69, 9.17) is 15.6 Å². The van der Waals surface area contributed by atoms with Crippen molar-refractivity contribution in [1.29, 1.82) is 0 Å². The third kappa shape index (κ3) is 7.49. The summed E-state index contributed by atoms with van der Waals surface area (Å²) < 4.78 is 21.3. The smallest absolute Gasteiger partial charge is 0.470 e. The van der Waals surface area contributed by atoms with E-state index in [1.54, 1.807) is 12.1 Å². The van der Waals surface area contributed by atoms with Crippen molar-refractivity contribution in [2.24, 2.45) is 11.7 Å². The zero-order chi connectivity index (χ0) is 25.8. The molecule has 0 radical (unpaired) electrons. The van der Waals surface area contributed by atoms with Crippen LogP contribution >= 0.6 is 7.82 Å². The van der Waals surface area contributed by atoms with Crippen LogP contribution in [0.1, 0.15) is 42.6 Å². The third-order valence-corrected chi connectivity index (χ3v) is 5.68. The van der Waals surface area contributed by atoms with Gasteiger partial charge in [0.1, 0.15) is 23.5 Å². The number of aliphatic hydroxyl groups excluding tert-OH is 1. The molecule has 14 heteroatoms. The Balaban J connectivity index is 2.30.